The summed E-state index contributed by atoms with van der Waals surface area (Å²) in [6.07, 6.45) is 6.55. The highest BCUT2D eigenvalue weighted by molar-refractivity contribution is 5.53. The van der Waals surface area contributed by atoms with E-state index in [0.717, 1.165) is 30.9 Å². The van der Waals surface area contributed by atoms with Crippen LogP contribution >= 0.6 is 0 Å². The van der Waals surface area contributed by atoms with Crippen molar-refractivity contribution in [1.29, 1.82) is 0 Å². The Kier molecular flexibility index (Phi) is 3.97. The number of anilines is 1. The lowest BCUT2D eigenvalue weighted by Gasteiger charge is -2.27. The Balaban J connectivity index is 1.88. The molecule has 1 aromatic heterocycles. The second-order valence-electron chi connectivity index (χ2n) is 6.46. The molecule has 0 unspecified atom stereocenters. The highest BCUT2D eigenvalue weighted by Gasteiger charge is 2.31. The number of nitrogens with one attached hydrogen (secondary N) is 1. The second-order valence-corrected chi connectivity index (χ2v) is 6.46. The zero-order valence-corrected chi connectivity index (χ0v) is 13.1. The first-order chi connectivity index (χ1) is 9.69. The quantitative estimate of drug-likeness (QED) is 0.826. The van der Waals surface area contributed by atoms with Gasteiger partial charge in [-0.2, -0.15) is 0 Å². The summed E-state index contributed by atoms with van der Waals surface area (Å²) in [6, 6.07) is 3.72. The molecule has 1 aromatic rings. The Hall–Kier alpha value is -1.09. The average molecular weight is 273 g/mol. The van der Waals surface area contributed by atoms with Crippen LogP contribution in [0.5, 0.6) is 0 Å². The summed E-state index contributed by atoms with van der Waals surface area (Å²) in [7, 11) is 0. The first-order valence-corrected chi connectivity index (χ1v) is 8.16. The highest BCUT2D eigenvalue weighted by Crippen LogP contribution is 2.34. The van der Waals surface area contributed by atoms with Crippen LogP contribution in [0.1, 0.15) is 55.8 Å². The zero-order valence-electron chi connectivity index (χ0n) is 13.1. The lowest BCUT2D eigenvalue weighted by molar-refractivity contribution is 0.671. The van der Waals surface area contributed by atoms with Crippen LogP contribution in [0.3, 0.4) is 0 Å². The van der Waals surface area contributed by atoms with Gasteiger partial charge in [0.15, 0.2) is 0 Å². The molecule has 1 N–H and O–H groups in total. The normalized spacial score (nSPS) is 18.4. The topological polar surface area (TPSA) is 28.2 Å². The molecule has 0 spiro atoms. The molecule has 0 aliphatic heterocycles. The maximum absolute atomic E-state index is 4.90. The molecule has 2 aliphatic rings. The lowest BCUT2D eigenvalue weighted by atomic mass is 10.1. The van der Waals surface area contributed by atoms with Crippen LogP contribution in [0, 0.1) is 13.8 Å². The number of hydrogen-bond donors (Lipinski definition) is 1. The first kappa shape index (κ1) is 13.9. The Bertz CT molecular complexity index is 475. The maximum Gasteiger partial charge on any atom is 0.133 e. The van der Waals surface area contributed by atoms with Crippen LogP contribution in [-0.2, 0) is 6.54 Å². The van der Waals surface area contributed by atoms with Gasteiger partial charge in [0, 0.05) is 36.4 Å². The van der Waals surface area contributed by atoms with Crippen molar-refractivity contribution in [3.05, 3.63) is 22.9 Å². The molecule has 3 heteroatoms. The minimum Gasteiger partial charge on any atom is -0.353 e. The number of hydrogen-bond acceptors (Lipinski definition) is 3. The van der Waals surface area contributed by atoms with Crippen LogP contribution in [-0.4, -0.2) is 23.6 Å². The fourth-order valence-corrected chi connectivity index (χ4v) is 2.92. The van der Waals surface area contributed by atoms with Crippen molar-refractivity contribution in [3.8, 4) is 0 Å². The predicted octanol–water partition coefficient (Wildman–Crippen LogP) is 3.33. The van der Waals surface area contributed by atoms with Gasteiger partial charge in [-0.05, 0) is 57.6 Å². The average Bonchev–Trinajstić information content (AvgIpc) is 3.26. The van der Waals surface area contributed by atoms with E-state index in [1.807, 2.05) is 0 Å². The minimum atomic E-state index is 0.739. The fourth-order valence-electron chi connectivity index (χ4n) is 2.92. The van der Waals surface area contributed by atoms with Crippen LogP contribution in [0.2, 0.25) is 0 Å². The number of pyridine rings is 1. The van der Waals surface area contributed by atoms with E-state index in [2.05, 4.69) is 37.1 Å². The Morgan fingerprint density at radius 3 is 2.60 bits per heavy atom. The molecule has 0 saturated heterocycles. The number of aromatic nitrogens is 1. The van der Waals surface area contributed by atoms with E-state index in [-0.39, 0.29) is 0 Å². The first-order valence-electron chi connectivity index (χ1n) is 8.16. The van der Waals surface area contributed by atoms with E-state index in [9.17, 15) is 0 Å². The minimum absolute atomic E-state index is 0.739. The summed E-state index contributed by atoms with van der Waals surface area (Å²) < 4.78 is 0. The summed E-state index contributed by atoms with van der Waals surface area (Å²) in [5.41, 5.74) is 3.96. The molecule has 2 saturated carbocycles. The molecule has 0 bridgehead atoms. The Labute approximate surface area is 122 Å². The number of rotatable bonds is 7. The van der Waals surface area contributed by atoms with Crippen molar-refractivity contribution < 1.29 is 0 Å². The third-order valence-corrected chi connectivity index (χ3v) is 4.32. The van der Waals surface area contributed by atoms with E-state index in [1.54, 1.807) is 0 Å². The van der Waals surface area contributed by atoms with Gasteiger partial charge in [0.05, 0.1) is 0 Å². The van der Waals surface area contributed by atoms with Crippen molar-refractivity contribution in [2.75, 3.05) is 11.4 Å². The lowest BCUT2D eigenvalue weighted by Crippen LogP contribution is -2.30. The van der Waals surface area contributed by atoms with Crippen LogP contribution < -0.4 is 10.2 Å². The van der Waals surface area contributed by atoms with E-state index in [4.69, 9.17) is 4.98 Å². The molecule has 0 aromatic carbocycles. The van der Waals surface area contributed by atoms with Crippen LogP contribution in [0.15, 0.2) is 6.07 Å². The van der Waals surface area contributed by atoms with E-state index in [1.165, 1.54) is 49.0 Å². The molecule has 0 atom stereocenters. The van der Waals surface area contributed by atoms with Gasteiger partial charge in [0.1, 0.15) is 5.82 Å². The van der Waals surface area contributed by atoms with Crippen molar-refractivity contribution in [1.82, 2.24) is 10.3 Å². The maximum atomic E-state index is 4.90. The van der Waals surface area contributed by atoms with E-state index >= 15 is 0 Å². The fraction of sp³-hybridized carbons (Fsp3) is 0.706. The van der Waals surface area contributed by atoms with Gasteiger partial charge in [-0.15, -0.1) is 0 Å². The molecule has 2 aliphatic carbocycles. The van der Waals surface area contributed by atoms with Crippen molar-refractivity contribution in [3.63, 3.8) is 0 Å². The Morgan fingerprint density at radius 2 is 2.00 bits per heavy atom. The molecule has 110 valence electrons. The standard InChI is InChI=1S/C17H27N3/c1-4-9-20(15-7-8-15)17-16(11-18-14-5-6-14)12(2)10-13(3)19-17/h10,14-15,18H,4-9,11H2,1-3H3. The summed E-state index contributed by atoms with van der Waals surface area (Å²) in [6.45, 7) is 8.73. The largest absolute Gasteiger partial charge is 0.353 e. The second kappa shape index (κ2) is 5.72. The third-order valence-electron chi connectivity index (χ3n) is 4.32. The molecular weight excluding hydrogens is 246 g/mol. The molecular formula is C17H27N3. The number of aryl methyl sites for hydroxylation is 2. The van der Waals surface area contributed by atoms with Gasteiger partial charge < -0.3 is 10.2 Å². The molecule has 0 radical (unpaired) electrons. The van der Waals surface area contributed by atoms with Crippen molar-refractivity contribution >= 4 is 5.82 Å². The SMILES string of the molecule is CCCN(c1nc(C)cc(C)c1CNC1CC1)C1CC1. The third kappa shape index (κ3) is 3.14. The van der Waals surface area contributed by atoms with Crippen LogP contribution in [0.25, 0.3) is 0 Å². The van der Waals surface area contributed by atoms with E-state index < -0.39 is 0 Å². The van der Waals surface area contributed by atoms with Gasteiger partial charge in [-0.1, -0.05) is 6.92 Å². The number of nitrogens with zero attached hydrogens (tertiary/aromatic N) is 2. The highest BCUT2D eigenvalue weighted by atomic mass is 15.2. The predicted molar refractivity (Wildman–Crippen MR) is 84.2 cm³/mol. The van der Waals surface area contributed by atoms with E-state index in [0.29, 0.717) is 0 Å². The van der Waals surface area contributed by atoms with Crippen molar-refractivity contribution in [2.24, 2.45) is 0 Å². The monoisotopic (exact) mass is 273 g/mol. The van der Waals surface area contributed by atoms with Gasteiger partial charge in [0.2, 0.25) is 0 Å². The molecule has 3 rings (SSSR count). The van der Waals surface area contributed by atoms with Gasteiger partial charge in [0.25, 0.3) is 0 Å². The smallest absolute Gasteiger partial charge is 0.133 e. The summed E-state index contributed by atoms with van der Waals surface area (Å²) >= 11 is 0. The van der Waals surface area contributed by atoms with Gasteiger partial charge in [-0.3, -0.25) is 0 Å². The van der Waals surface area contributed by atoms with Crippen molar-refractivity contribution in [2.45, 2.75) is 71.5 Å². The summed E-state index contributed by atoms with van der Waals surface area (Å²) in [5, 5.41) is 3.66. The Morgan fingerprint density at radius 1 is 1.25 bits per heavy atom. The van der Waals surface area contributed by atoms with Crippen LogP contribution in [0.4, 0.5) is 5.82 Å². The molecule has 1 heterocycles. The molecule has 20 heavy (non-hydrogen) atoms. The molecule has 0 amide bonds. The van der Waals surface area contributed by atoms with Gasteiger partial charge in [-0.25, -0.2) is 4.98 Å². The molecule has 2 fully saturated rings. The summed E-state index contributed by atoms with van der Waals surface area (Å²) in [5.74, 6) is 1.25. The molecule has 3 nitrogen and oxygen atoms in total. The zero-order chi connectivity index (χ0) is 14.1. The summed E-state index contributed by atoms with van der Waals surface area (Å²) in [4.78, 5) is 7.46. The van der Waals surface area contributed by atoms with Gasteiger partial charge >= 0.3 is 0 Å².